The molecule has 0 aliphatic rings. The highest BCUT2D eigenvalue weighted by Gasteiger charge is 2.27. The van der Waals surface area contributed by atoms with E-state index in [0.717, 1.165) is 44.9 Å². The van der Waals surface area contributed by atoms with Gasteiger partial charge in [0.05, 0.1) is 17.9 Å². The quantitative estimate of drug-likeness (QED) is 0.0329. The molecule has 1 amide bonds. The smallest absolute Gasteiger partial charge is 0.267 e. The van der Waals surface area contributed by atoms with Gasteiger partial charge in [0, 0.05) is 0 Å². The summed E-state index contributed by atoms with van der Waals surface area (Å²) >= 11 is 0. The maximum atomic E-state index is 12.5. The zero-order valence-corrected chi connectivity index (χ0v) is 29.2. The van der Waals surface area contributed by atoms with Crippen molar-refractivity contribution in [1.29, 1.82) is 0 Å². The first-order valence-corrected chi connectivity index (χ1v) is 19.8. The highest BCUT2D eigenvalue weighted by atomic mass is 32.2. The molecule has 0 aromatic rings. The zero-order chi connectivity index (χ0) is 32.7. The number of carbonyl (C=O) groups is 1. The monoisotopic (exact) mass is 643 g/mol. The number of nitrogens with one attached hydrogen (secondary N) is 1. The van der Waals surface area contributed by atoms with Crippen molar-refractivity contribution < 1.29 is 28.0 Å². The van der Waals surface area contributed by atoms with Gasteiger partial charge in [-0.1, -0.05) is 173 Å². The normalized spacial score (nSPS) is 14.4. The molecule has 0 aliphatic heterocycles. The number of hydrogen-bond acceptors (Lipinski definition) is 5. The molecule has 3 unspecified atom stereocenters. The first-order chi connectivity index (χ1) is 21.2. The zero-order valence-electron chi connectivity index (χ0n) is 28.4. The highest BCUT2D eigenvalue weighted by Crippen LogP contribution is 2.15. The molecular weight excluding hydrogens is 574 g/mol. The summed E-state index contributed by atoms with van der Waals surface area (Å²) in [6, 6.07) is -1.24. The molecule has 8 heteroatoms. The summed E-state index contributed by atoms with van der Waals surface area (Å²) in [5.74, 6) is -1.56. The number of hydrogen-bond donors (Lipinski definition) is 4. The van der Waals surface area contributed by atoms with Crippen molar-refractivity contribution in [2.45, 2.75) is 193 Å². The van der Waals surface area contributed by atoms with Gasteiger partial charge in [-0.25, -0.2) is 0 Å². The van der Waals surface area contributed by atoms with Gasteiger partial charge in [0.2, 0.25) is 5.91 Å². The van der Waals surface area contributed by atoms with Gasteiger partial charge in [-0.15, -0.1) is 0 Å². The number of carbonyl (C=O) groups excluding carboxylic acids is 1. The predicted octanol–water partition coefficient (Wildman–Crippen LogP) is 8.99. The van der Waals surface area contributed by atoms with Gasteiger partial charge in [0.1, 0.15) is 6.10 Å². The van der Waals surface area contributed by atoms with E-state index in [1.165, 1.54) is 102 Å². The fourth-order valence-corrected chi connectivity index (χ4v) is 6.13. The van der Waals surface area contributed by atoms with E-state index < -0.39 is 40.0 Å². The Morgan fingerprint density at radius 3 is 1.48 bits per heavy atom. The van der Waals surface area contributed by atoms with Crippen molar-refractivity contribution in [3.8, 4) is 0 Å². The molecule has 0 bridgehead atoms. The van der Waals surface area contributed by atoms with E-state index in [9.17, 15) is 28.0 Å². The average Bonchev–Trinajstić information content (AvgIpc) is 2.98. The van der Waals surface area contributed by atoms with Crippen LogP contribution < -0.4 is 5.32 Å². The number of unbranched alkanes of at least 4 members (excludes halogenated alkanes) is 21. The molecule has 0 saturated carbocycles. The van der Waals surface area contributed by atoms with Crippen molar-refractivity contribution >= 4 is 16.0 Å². The van der Waals surface area contributed by atoms with Gasteiger partial charge in [-0.05, 0) is 25.7 Å². The fraction of sp³-hybridized carbons (Fsp3) is 0.861. The Bertz CT molecular complexity index is 813. The lowest BCUT2D eigenvalue weighted by Gasteiger charge is -2.22. The Balaban J connectivity index is 3.97. The van der Waals surface area contributed by atoms with Gasteiger partial charge in [0.15, 0.2) is 0 Å². The second kappa shape index (κ2) is 30.4. The van der Waals surface area contributed by atoms with Crippen LogP contribution in [0.3, 0.4) is 0 Å². The number of rotatable bonds is 32. The van der Waals surface area contributed by atoms with Gasteiger partial charge < -0.3 is 15.5 Å². The summed E-state index contributed by atoms with van der Waals surface area (Å²) in [6.07, 6.45) is 34.1. The fourth-order valence-electron chi connectivity index (χ4n) is 5.40. The van der Waals surface area contributed by atoms with Gasteiger partial charge in [0.25, 0.3) is 10.1 Å². The minimum Gasteiger partial charge on any atom is -0.387 e. The topological polar surface area (TPSA) is 124 Å². The molecule has 0 spiro atoms. The third-order valence-corrected chi connectivity index (χ3v) is 9.02. The van der Waals surface area contributed by atoms with Crippen LogP contribution in [0.2, 0.25) is 0 Å². The van der Waals surface area contributed by atoms with E-state index in [2.05, 4.69) is 31.3 Å². The molecule has 0 heterocycles. The summed E-state index contributed by atoms with van der Waals surface area (Å²) < 4.78 is 32.2. The van der Waals surface area contributed by atoms with Crippen LogP contribution in [-0.4, -0.2) is 53.1 Å². The summed E-state index contributed by atoms with van der Waals surface area (Å²) in [7, 11) is -4.44. The van der Waals surface area contributed by atoms with Gasteiger partial charge >= 0.3 is 0 Å². The minimum atomic E-state index is -4.44. The SMILES string of the molecule is CCCC/C=C/CC/C=C/C(O)C(CS(=O)(=O)O)NC(=O)C(O)CCCCCCCCCCCCCCCCCCCCC. The van der Waals surface area contributed by atoms with Crippen LogP contribution in [0, 0.1) is 0 Å². The van der Waals surface area contributed by atoms with Gasteiger partial charge in [-0.2, -0.15) is 8.42 Å². The van der Waals surface area contributed by atoms with E-state index >= 15 is 0 Å². The second-order valence-corrected chi connectivity index (χ2v) is 14.1. The summed E-state index contributed by atoms with van der Waals surface area (Å²) in [4.78, 5) is 12.5. The van der Waals surface area contributed by atoms with E-state index in [-0.39, 0.29) is 6.42 Å². The molecule has 0 aromatic carbocycles. The summed E-state index contributed by atoms with van der Waals surface area (Å²) in [6.45, 7) is 4.41. The van der Waals surface area contributed by atoms with Crippen LogP contribution in [0.5, 0.6) is 0 Å². The van der Waals surface area contributed by atoms with Crippen LogP contribution in [0.15, 0.2) is 24.3 Å². The predicted molar refractivity (Wildman–Crippen MR) is 185 cm³/mol. The van der Waals surface area contributed by atoms with Crippen LogP contribution in [0.25, 0.3) is 0 Å². The summed E-state index contributed by atoms with van der Waals surface area (Å²) in [5.41, 5.74) is 0. The largest absolute Gasteiger partial charge is 0.387 e. The number of aliphatic hydroxyl groups excluding tert-OH is 2. The molecule has 0 rings (SSSR count). The van der Waals surface area contributed by atoms with Crippen molar-refractivity contribution in [2.75, 3.05) is 5.75 Å². The number of allylic oxidation sites excluding steroid dienone is 3. The number of aliphatic hydroxyl groups is 2. The summed E-state index contributed by atoms with van der Waals surface area (Å²) in [5, 5.41) is 23.2. The third kappa shape index (κ3) is 29.5. The van der Waals surface area contributed by atoms with Crippen LogP contribution in [0.1, 0.15) is 174 Å². The molecule has 0 aromatic heterocycles. The molecule has 0 aliphatic carbocycles. The molecular formula is C36H69NO6S. The van der Waals surface area contributed by atoms with Crippen molar-refractivity contribution in [1.82, 2.24) is 5.32 Å². The molecule has 3 atom stereocenters. The number of amides is 1. The minimum absolute atomic E-state index is 0.277. The first kappa shape index (κ1) is 42.8. The molecule has 260 valence electrons. The van der Waals surface area contributed by atoms with Crippen molar-refractivity contribution in [3.05, 3.63) is 24.3 Å². The Morgan fingerprint density at radius 1 is 0.614 bits per heavy atom. The van der Waals surface area contributed by atoms with E-state index in [1.807, 2.05) is 0 Å². The standard InChI is InChI=1S/C36H69NO6S/c1-3-5-7-9-11-13-14-15-16-17-18-19-20-21-22-23-25-27-29-31-35(39)36(40)37-33(32-44(41,42)43)34(38)30-28-26-24-12-10-8-6-4-2/h10,12,28,30,33-35,38-39H,3-9,11,13-27,29,31-32H2,1-2H3,(H,37,40)(H,41,42,43)/b12-10+,30-28+. The maximum absolute atomic E-state index is 12.5. The Kier molecular flexibility index (Phi) is 29.6. The highest BCUT2D eigenvalue weighted by molar-refractivity contribution is 7.85. The Morgan fingerprint density at radius 2 is 1.02 bits per heavy atom. The second-order valence-electron chi connectivity index (χ2n) is 12.6. The van der Waals surface area contributed by atoms with E-state index in [0.29, 0.717) is 12.8 Å². The maximum Gasteiger partial charge on any atom is 0.267 e. The molecule has 44 heavy (non-hydrogen) atoms. The van der Waals surface area contributed by atoms with Crippen LogP contribution >= 0.6 is 0 Å². The Hall–Kier alpha value is -1.22. The average molecular weight is 644 g/mol. The molecule has 0 radical (unpaired) electrons. The molecule has 0 saturated heterocycles. The van der Waals surface area contributed by atoms with Gasteiger partial charge in [-0.3, -0.25) is 9.35 Å². The lowest BCUT2D eigenvalue weighted by Crippen LogP contribution is -2.50. The van der Waals surface area contributed by atoms with E-state index in [4.69, 9.17) is 0 Å². The lowest BCUT2D eigenvalue weighted by atomic mass is 10.0. The molecule has 7 nitrogen and oxygen atoms in total. The van der Waals surface area contributed by atoms with Crippen LogP contribution in [-0.2, 0) is 14.9 Å². The molecule has 0 fully saturated rings. The first-order valence-electron chi connectivity index (χ1n) is 18.1. The van der Waals surface area contributed by atoms with Crippen LogP contribution in [0.4, 0.5) is 0 Å². The molecule has 4 N–H and O–H groups in total. The van der Waals surface area contributed by atoms with Crippen molar-refractivity contribution in [2.24, 2.45) is 0 Å². The lowest BCUT2D eigenvalue weighted by molar-refractivity contribution is -0.130. The van der Waals surface area contributed by atoms with Crippen molar-refractivity contribution in [3.63, 3.8) is 0 Å². The Labute approximate surface area is 271 Å². The third-order valence-electron chi connectivity index (χ3n) is 8.24. The van der Waals surface area contributed by atoms with E-state index in [1.54, 1.807) is 6.08 Å².